The molecule has 128 valence electrons. The lowest BCUT2D eigenvalue weighted by Crippen LogP contribution is -2.36. The average Bonchev–Trinajstić information content (AvgIpc) is 3.00. The molecule has 4 heteroatoms. The molecule has 2 aliphatic heterocycles. The van der Waals surface area contributed by atoms with E-state index in [9.17, 15) is 4.79 Å². The van der Waals surface area contributed by atoms with Crippen LogP contribution in [0.25, 0.3) is 0 Å². The van der Waals surface area contributed by atoms with E-state index >= 15 is 0 Å². The molecule has 1 aromatic rings. The Kier molecular flexibility index (Phi) is 4.46. The van der Waals surface area contributed by atoms with Gasteiger partial charge >= 0.3 is 0 Å². The van der Waals surface area contributed by atoms with Gasteiger partial charge in [-0.25, -0.2) is 0 Å². The van der Waals surface area contributed by atoms with Crippen LogP contribution in [0.4, 0.5) is 0 Å². The van der Waals surface area contributed by atoms with Crippen molar-refractivity contribution in [2.45, 2.75) is 44.6 Å². The maximum atomic E-state index is 13.0. The van der Waals surface area contributed by atoms with Crippen LogP contribution in [-0.4, -0.2) is 30.6 Å². The van der Waals surface area contributed by atoms with Crippen LogP contribution in [-0.2, 0) is 4.79 Å². The maximum absolute atomic E-state index is 13.0. The second-order valence-corrected chi connectivity index (χ2v) is 6.93. The van der Waals surface area contributed by atoms with Gasteiger partial charge in [-0.1, -0.05) is 18.2 Å². The molecule has 3 aliphatic rings. The fraction of sp³-hybridized carbons (Fsp3) is 0.550. The predicted octanol–water partition coefficient (Wildman–Crippen LogP) is 3.87. The maximum Gasteiger partial charge on any atom is 0.226 e. The quantitative estimate of drug-likeness (QED) is 0.774. The van der Waals surface area contributed by atoms with Gasteiger partial charge in [-0.05, 0) is 49.8 Å². The Bertz CT molecular complexity index is 640. The number of rotatable bonds is 2. The third-order valence-electron chi connectivity index (χ3n) is 5.31. The fourth-order valence-electron chi connectivity index (χ4n) is 4.02. The number of fused-ring (bicyclic) bond motifs is 1. The molecule has 0 unspecified atom stereocenters. The summed E-state index contributed by atoms with van der Waals surface area (Å²) in [6, 6.07) is 6.36. The first kappa shape index (κ1) is 15.6. The number of carbonyl (C=O) groups excluding carboxylic acids is 1. The predicted molar refractivity (Wildman–Crippen MR) is 92.2 cm³/mol. The molecule has 2 heterocycles. The molecule has 0 aromatic heterocycles. The molecule has 1 saturated heterocycles. The molecule has 4 rings (SSSR count). The van der Waals surface area contributed by atoms with Crippen molar-refractivity contribution in [3.63, 3.8) is 0 Å². The summed E-state index contributed by atoms with van der Waals surface area (Å²) in [5.41, 5.74) is 1.18. The summed E-state index contributed by atoms with van der Waals surface area (Å²) in [7, 11) is 0. The summed E-state index contributed by atoms with van der Waals surface area (Å²) >= 11 is 0. The minimum Gasteiger partial charge on any atom is -0.490 e. The highest BCUT2D eigenvalue weighted by Gasteiger charge is 2.34. The van der Waals surface area contributed by atoms with E-state index in [1.807, 2.05) is 6.07 Å². The first-order valence-electron chi connectivity index (χ1n) is 9.18. The highest BCUT2D eigenvalue weighted by molar-refractivity contribution is 5.80. The zero-order valence-electron chi connectivity index (χ0n) is 14.1. The van der Waals surface area contributed by atoms with Gasteiger partial charge in [0.1, 0.15) is 0 Å². The van der Waals surface area contributed by atoms with Gasteiger partial charge in [0, 0.05) is 18.9 Å². The van der Waals surface area contributed by atoms with E-state index < -0.39 is 0 Å². The van der Waals surface area contributed by atoms with Gasteiger partial charge < -0.3 is 14.4 Å². The normalized spacial score (nSPS) is 26.2. The Labute approximate surface area is 143 Å². The van der Waals surface area contributed by atoms with Crippen molar-refractivity contribution in [3.05, 3.63) is 35.9 Å². The minimum absolute atomic E-state index is 0.163. The molecule has 2 atom stereocenters. The number of hydrogen-bond acceptors (Lipinski definition) is 3. The van der Waals surface area contributed by atoms with E-state index in [4.69, 9.17) is 9.47 Å². The van der Waals surface area contributed by atoms with Crippen LogP contribution in [0.5, 0.6) is 11.5 Å². The lowest BCUT2D eigenvalue weighted by Gasteiger charge is -2.30. The highest BCUT2D eigenvalue weighted by Crippen LogP contribution is 2.39. The second-order valence-electron chi connectivity index (χ2n) is 6.93. The lowest BCUT2D eigenvalue weighted by atomic mass is 9.92. The number of nitrogens with zero attached hydrogens (tertiary/aromatic N) is 1. The summed E-state index contributed by atoms with van der Waals surface area (Å²) in [5.74, 6) is 2.14. The van der Waals surface area contributed by atoms with Crippen molar-refractivity contribution in [3.8, 4) is 11.5 Å². The van der Waals surface area contributed by atoms with E-state index in [1.165, 1.54) is 5.56 Å². The summed E-state index contributed by atoms with van der Waals surface area (Å²) in [6.45, 7) is 2.27. The van der Waals surface area contributed by atoms with Gasteiger partial charge in [0.25, 0.3) is 0 Å². The summed E-state index contributed by atoms with van der Waals surface area (Å²) < 4.78 is 11.5. The van der Waals surface area contributed by atoms with Crippen LogP contribution in [0.3, 0.4) is 0 Å². The van der Waals surface area contributed by atoms with E-state index in [-0.39, 0.29) is 12.0 Å². The standard InChI is InChI=1S/C20H25NO3/c22-20(15-6-2-1-3-7-15)21-11-4-8-17(21)16-9-10-18-19(14-16)24-13-5-12-23-18/h1-2,9-10,14-15,17H,3-8,11-13H2/t15-,17-/m0/s1. The Morgan fingerprint density at radius 2 is 1.92 bits per heavy atom. The summed E-state index contributed by atoms with van der Waals surface area (Å²) in [6.07, 6.45) is 10.3. The third-order valence-corrected chi connectivity index (χ3v) is 5.31. The van der Waals surface area contributed by atoms with Crippen molar-refractivity contribution >= 4 is 5.91 Å². The third kappa shape index (κ3) is 3.02. The fourth-order valence-corrected chi connectivity index (χ4v) is 4.02. The van der Waals surface area contributed by atoms with Crippen molar-refractivity contribution in [1.82, 2.24) is 4.90 Å². The largest absolute Gasteiger partial charge is 0.490 e. The van der Waals surface area contributed by atoms with E-state index in [1.54, 1.807) is 0 Å². The zero-order chi connectivity index (χ0) is 16.4. The molecule has 1 aliphatic carbocycles. The van der Waals surface area contributed by atoms with Crippen LogP contribution < -0.4 is 9.47 Å². The Morgan fingerprint density at radius 3 is 2.75 bits per heavy atom. The Morgan fingerprint density at radius 1 is 1.04 bits per heavy atom. The van der Waals surface area contributed by atoms with Gasteiger partial charge in [-0.3, -0.25) is 4.79 Å². The first-order valence-corrected chi connectivity index (χ1v) is 9.18. The van der Waals surface area contributed by atoms with Crippen molar-refractivity contribution < 1.29 is 14.3 Å². The van der Waals surface area contributed by atoms with E-state index in [2.05, 4.69) is 29.2 Å². The van der Waals surface area contributed by atoms with Gasteiger partial charge in [-0.15, -0.1) is 0 Å². The molecule has 0 radical (unpaired) electrons. The molecule has 1 aromatic carbocycles. The second kappa shape index (κ2) is 6.88. The van der Waals surface area contributed by atoms with Gasteiger partial charge in [0.05, 0.1) is 19.3 Å². The smallest absolute Gasteiger partial charge is 0.226 e. The van der Waals surface area contributed by atoms with Crippen LogP contribution >= 0.6 is 0 Å². The number of likely N-dealkylation sites (tertiary alicyclic amines) is 1. The molecule has 0 bridgehead atoms. The zero-order valence-corrected chi connectivity index (χ0v) is 14.1. The van der Waals surface area contributed by atoms with Crippen LogP contribution in [0.2, 0.25) is 0 Å². The van der Waals surface area contributed by atoms with Gasteiger partial charge in [0.15, 0.2) is 11.5 Å². The molecule has 24 heavy (non-hydrogen) atoms. The number of hydrogen-bond donors (Lipinski definition) is 0. The molecule has 0 N–H and O–H groups in total. The van der Waals surface area contributed by atoms with Crippen LogP contribution in [0.1, 0.15) is 50.1 Å². The van der Waals surface area contributed by atoms with Crippen molar-refractivity contribution in [2.75, 3.05) is 19.8 Å². The monoisotopic (exact) mass is 327 g/mol. The topological polar surface area (TPSA) is 38.8 Å². The molecule has 1 amide bonds. The Hall–Kier alpha value is -1.97. The summed E-state index contributed by atoms with van der Waals surface area (Å²) in [4.78, 5) is 15.1. The molecule has 0 saturated carbocycles. The number of benzene rings is 1. The lowest BCUT2D eigenvalue weighted by molar-refractivity contribution is -0.136. The van der Waals surface area contributed by atoms with Crippen LogP contribution in [0, 0.1) is 5.92 Å². The highest BCUT2D eigenvalue weighted by atomic mass is 16.5. The van der Waals surface area contributed by atoms with Gasteiger partial charge in [-0.2, -0.15) is 0 Å². The summed E-state index contributed by atoms with van der Waals surface area (Å²) in [5, 5.41) is 0. The molecule has 1 fully saturated rings. The number of ether oxygens (including phenoxy) is 2. The molecular formula is C20H25NO3. The minimum atomic E-state index is 0.163. The van der Waals surface area contributed by atoms with Gasteiger partial charge in [0.2, 0.25) is 5.91 Å². The van der Waals surface area contributed by atoms with E-state index in [0.29, 0.717) is 19.1 Å². The SMILES string of the molecule is O=C([C@H]1CC=CCC1)N1CCC[C@H]1c1ccc2c(c1)OCCCO2. The van der Waals surface area contributed by atoms with Crippen molar-refractivity contribution in [2.24, 2.45) is 5.92 Å². The number of carbonyl (C=O) groups is 1. The number of amides is 1. The number of allylic oxidation sites excluding steroid dienone is 2. The van der Waals surface area contributed by atoms with Crippen molar-refractivity contribution in [1.29, 1.82) is 0 Å². The average molecular weight is 327 g/mol. The first-order chi connectivity index (χ1) is 11.8. The van der Waals surface area contributed by atoms with Crippen LogP contribution in [0.15, 0.2) is 30.4 Å². The Balaban J connectivity index is 1.55. The molecular weight excluding hydrogens is 302 g/mol. The molecule has 0 spiro atoms. The van der Waals surface area contributed by atoms with E-state index in [0.717, 1.165) is 56.6 Å². The molecule has 4 nitrogen and oxygen atoms in total.